The number of nitrogens with two attached hydrogens (primary N) is 1. The third-order valence-electron chi connectivity index (χ3n) is 6.67. The average Bonchev–Trinajstić information content (AvgIpc) is 3.38. The molecule has 0 saturated heterocycles. The van der Waals surface area contributed by atoms with Crippen molar-refractivity contribution in [3.8, 4) is 5.69 Å². The average molecular weight is 523 g/mol. The van der Waals surface area contributed by atoms with Crippen molar-refractivity contribution in [1.29, 1.82) is 0 Å². The number of halogens is 1. The summed E-state index contributed by atoms with van der Waals surface area (Å²) < 4.78 is 2.44. The largest absolute Gasteiger partial charge is 0.359 e. The second-order valence-electron chi connectivity index (χ2n) is 9.08. The van der Waals surface area contributed by atoms with Gasteiger partial charge in [0.15, 0.2) is 5.65 Å². The molecule has 4 N–H and O–H groups in total. The summed E-state index contributed by atoms with van der Waals surface area (Å²) in [6.45, 7) is 2.59. The molecule has 176 valence electrons. The predicted octanol–water partition coefficient (Wildman–Crippen LogP) is 3.34. The maximum atomic E-state index is 12.3. The number of amides is 1. The summed E-state index contributed by atoms with van der Waals surface area (Å²) in [6, 6.07) is 8.31. The molecule has 0 radical (unpaired) electrons. The van der Waals surface area contributed by atoms with Crippen LogP contribution in [0, 0.1) is 5.41 Å². The van der Waals surface area contributed by atoms with Gasteiger partial charge in [-0.1, -0.05) is 25.1 Å². The molecule has 1 fully saturated rings. The molecule has 5 rings (SSSR count). The van der Waals surface area contributed by atoms with Crippen LogP contribution in [0.4, 0.5) is 5.95 Å². The molecule has 1 aliphatic rings. The lowest BCUT2D eigenvalue weighted by molar-refractivity contribution is -0.129. The number of para-hydroxylation sites is 1. The molecular weight excluding hydrogens is 496 g/mol. The summed E-state index contributed by atoms with van der Waals surface area (Å²) in [5.41, 5.74) is 8.95. The van der Waals surface area contributed by atoms with E-state index in [2.05, 4.69) is 48.8 Å². The van der Waals surface area contributed by atoms with Gasteiger partial charge in [-0.05, 0) is 59.8 Å². The van der Waals surface area contributed by atoms with Crippen molar-refractivity contribution in [2.75, 3.05) is 18.9 Å². The third-order valence-corrected chi connectivity index (χ3v) is 7.25. The fourth-order valence-electron chi connectivity index (χ4n) is 4.86. The molecule has 10 heteroatoms. The topological polar surface area (TPSA) is 124 Å². The lowest BCUT2D eigenvalue weighted by Gasteiger charge is -2.22. The summed E-state index contributed by atoms with van der Waals surface area (Å²) in [7, 11) is 1.69. The maximum Gasteiger partial charge on any atom is 0.225 e. The molecule has 3 aromatic heterocycles. The quantitative estimate of drug-likeness (QED) is 0.354. The lowest BCUT2D eigenvalue weighted by Crippen LogP contribution is -2.35. The molecule has 1 amide bonds. The SMILES string of the molecule is CNC(=O)[C@]1(C)CC[C@@H](Nc2ncc3c(Br)nn(-c4cnc5c(CCN)cccc5c4)c3n2)C1. The molecule has 34 heavy (non-hydrogen) atoms. The summed E-state index contributed by atoms with van der Waals surface area (Å²) in [4.78, 5) is 26.3. The zero-order valence-electron chi connectivity index (χ0n) is 19.2. The summed E-state index contributed by atoms with van der Waals surface area (Å²) >= 11 is 3.54. The van der Waals surface area contributed by atoms with E-state index in [0.717, 1.165) is 53.2 Å². The van der Waals surface area contributed by atoms with Crippen LogP contribution in [0.25, 0.3) is 27.6 Å². The molecule has 1 saturated carbocycles. The molecule has 1 aromatic carbocycles. The number of fused-ring (bicyclic) bond motifs is 2. The standard InChI is InChI=1S/C24H27BrN8O/c1-24(22(34)27-2)8-6-16(11-24)30-23-29-13-18-20(25)32-33(21(18)31-23)17-10-15-5-3-4-14(7-9-26)19(15)28-12-17/h3-5,10,12-13,16H,6-9,11,26H2,1-2H3,(H,27,34)(H,29,30,31)/t16-,24-/m1/s1. The first-order valence-electron chi connectivity index (χ1n) is 11.4. The molecule has 2 atom stereocenters. The normalized spacial score (nSPS) is 20.2. The van der Waals surface area contributed by atoms with E-state index in [1.54, 1.807) is 17.9 Å². The molecule has 0 unspecified atom stereocenters. The number of aromatic nitrogens is 5. The van der Waals surface area contributed by atoms with Crippen LogP contribution >= 0.6 is 15.9 Å². The van der Waals surface area contributed by atoms with Crippen LogP contribution in [0.2, 0.25) is 0 Å². The van der Waals surface area contributed by atoms with E-state index in [1.807, 2.05) is 25.3 Å². The second-order valence-corrected chi connectivity index (χ2v) is 9.83. The Hall–Kier alpha value is -3.11. The van der Waals surface area contributed by atoms with Crippen molar-refractivity contribution in [3.05, 3.63) is 46.8 Å². The van der Waals surface area contributed by atoms with E-state index in [0.29, 0.717) is 22.7 Å². The lowest BCUT2D eigenvalue weighted by atomic mass is 9.87. The van der Waals surface area contributed by atoms with Gasteiger partial charge >= 0.3 is 0 Å². The van der Waals surface area contributed by atoms with E-state index in [-0.39, 0.29) is 17.4 Å². The molecule has 9 nitrogen and oxygen atoms in total. The Balaban J connectivity index is 1.48. The molecule has 1 aliphatic carbocycles. The van der Waals surface area contributed by atoms with Crippen molar-refractivity contribution in [3.63, 3.8) is 0 Å². The monoisotopic (exact) mass is 522 g/mol. The highest BCUT2D eigenvalue weighted by Gasteiger charge is 2.40. The molecule has 4 aromatic rings. The van der Waals surface area contributed by atoms with Gasteiger partial charge in [0, 0.05) is 30.1 Å². The number of anilines is 1. The number of pyridine rings is 1. The van der Waals surface area contributed by atoms with Crippen LogP contribution < -0.4 is 16.4 Å². The number of hydrogen-bond donors (Lipinski definition) is 3. The van der Waals surface area contributed by atoms with Gasteiger partial charge in [-0.2, -0.15) is 10.1 Å². The van der Waals surface area contributed by atoms with Gasteiger partial charge in [0.2, 0.25) is 11.9 Å². The van der Waals surface area contributed by atoms with E-state index >= 15 is 0 Å². The van der Waals surface area contributed by atoms with Crippen molar-refractivity contribution in [1.82, 2.24) is 30.0 Å². The first-order valence-corrected chi connectivity index (χ1v) is 12.2. The second kappa shape index (κ2) is 8.92. The summed E-state index contributed by atoms with van der Waals surface area (Å²) in [6.07, 6.45) is 6.79. The van der Waals surface area contributed by atoms with Gasteiger partial charge < -0.3 is 16.4 Å². The number of benzene rings is 1. The Morgan fingerprint density at radius 3 is 2.97 bits per heavy atom. The predicted molar refractivity (Wildman–Crippen MR) is 136 cm³/mol. The highest BCUT2D eigenvalue weighted by Crippen LogP contribution is 2.39. The van der Waals surface area contributed by atoms with E-state index in [4.69, 9.17) is 15.7 Å². The maximum absolute atomic E-state index is 12.3. The minimum absolute atomic E-state index is 0.0774. The third kappa shape index (κ3) is 4.01. The van der Waals surface area contributed by atoms with Crippen LogP contribution in [0.3, 0.4) is 0 Å². The van der Waals surface area contributed by atoms with Gasteiger partial charge in [-0.3, -0.25) is 9.78 Å². The van der Waals surface area contributed by atoms with Gasteiger partial charge in [0.25, 0.3) is 0 Å². The van der Waals surface area contributed by atoms with Gasteiger partial charge in [-0.25, -0.2) is 9.67 Å². The first kappa shape index (κ1) is 22.7. The van der Waals surface area contributed by atoms with Crippen LogP contribution in [0.5, 0.6) is 0 Å². The molecule has 3 heterocycles. The first-order chi connectivity index (χ1) is 16.4. The Morgan fingerprint density at radius 2 is 2.18 bits per heavy atom. The van der Waals surface area contributed by atoms with Gasteiger partial charge in [-0.15, -0.1) is 0 Å². The Kier molecular flexibility index (Phi) is 5.95. The van der Waals surface area contributed by atoms with Crippen LogP contribution in [0.1, 0.15) is 31.7 Å². The van der Waals surface area contributed by atoms with Gasteiger partial charge in [0.05, 0.1) is 22.8 Å². The van der Waals surface area contributed by atoms with Crippen molar-refractivity contribution < 1.29 is 4.79 Å². The van der Waals surface area contributed by atoms with Crippen LogP contribution in [0.15, 0.2) is 41.3 Å². The number of nitrogens with one attached hydrogen (secondary N) is 2. The number of rotatable bonds is 6. The van der Waals surface area contributed by atoms with Crippen molar-refractivity contribution >= 4 is 49.7 Å². The minimum Gasteiger partial charge on any atom is -0.359 e. The Morgan fingerprint density at radius 1 is 1.32 bits per heavy atom. The number of nitrogens with zero attached hydrogens (tertiary/aromatic N) is 5. The number of carbonyl (C=O) groups is 1. The van der Waals surface area contributed by atoms with Crippen LogP contribution in [-0.4, -0.2) is 50.3 Å². The number of carbonyl (C=O) groups excluding carboxylic acids is 1. The van der Waals surface area contributed by atoms with Crippen molar-refractivity contribution in [2.24, 2.45) is 11.1 Å². The van der Waals surface area contributed by atoms with Crippen LogP contribution in [-0.2, 0) is 11.2 Å². The highest BCUT2D eigenvalue weighted by molar-refractivity contribution is 9.10. The molecule has 0 bridgehead atoms. The fourth-order valence-corrected chi connectivity index (χ4v) is 5.30. The van der Waals surface area contributed by atoms with Crippen molar-refractivity contribution in [2.45, 2.75) is 38.6 Å². The summed E-state index contributed by atoms with van der Waals surface area (Å²) in [5, 5.41) is 12.7. The van der Waals surface area contributed by atoms with E-state index in [9.17, 15) is 4.79 Å². The Labute approximate surface area is 205 Å². The fraction of sp³-hybridized carbons (Fsp3) is 0.375. The van der Waals surface area contributed by atoms with Gasteiger partial charge in [0.1, 0.15) is 4.60 Å². The minimum atomic E-state index is -0.374. The number of hydrogen-bond acceptors (Lipinski definition) is 7. The van der Waals surface area contributed by atoms with E-state index < -0.39 is 0 Å². The molecule has 0 aliphatic heterocycles. The summed E-state index contributed by atoms with van der Waals surface area (Å²) in [5.74, 6) is 0.597. The molecule has 0 spiro atoms. The Bertz CT molecular complexity index is 1390. The smallest absolute Gasteiger partial charge is 0.225 e. The zero-order chi connectivity index (χ0) is 23.9. The zero-order valence-corrected chi connectivity index (χ0v) is 20.8. The highest BCUT2D eigenvalue weighted by atomic mass is 79.9. The molecular formula is C24H27BrN8O. The van der Waals surface area contributed by atoms with E-state index in [1.165, 1.54) is 0 Å².